The van der Waals surface area contributed by atoms with Crippen LogP contribution in [0.5, 0.6) is 11.5 Å². The molecule has 0 heterocycles. The maximum atomic E-state index is 12.5. The summed E-state index contributed by atoms with van der Waals surface area (Å²) in [6.07, 6.45) is -4.52. The smallest absolute Gasteiger partial charge is 0.405 e. The lowest BCUT2D eigenvalue weighted by Gasteiger charge is -2.22. The van der Waals surface area contributed by atoms with Gasteiger partial charge in [-0.05, 0) is 47.0 Å². The molecule has 0 spiro atoms. The third-order valence-electron chi connectivity index (χ3n) is 4.42. The van der Waals surface area contributed by atoms with Gasteiger partial charge in [-0.3, -0.25) is 4.79 Å². The fourth-order valence-electron chi connectivity index (χ4n) is 3.12. The van der Waals surface area contributed by atoms with Gasteiger partial charge in [0.15, 0.2) is 0 Å². The Morgan fingerprint density at radius 2 is 1.31 bits per heavy atom. The Hall–Kier alpha value is -3.48. The van der Waals surface area contributed by atoms with Crippen LogP contribution in [0.4, 0.5) is 13.2 Å². The van der Waals surface area contributed by atoms with Crippen molar-refractivity contribution in [2.45, 2.75) is 12.1 Å². The summed E-state index contributed by atoms with van der Waals surface area (Å²) >= 11 is 0. The van der Waals surface area contributed by atoms with Gasteiger partial charge in [0.2, 0.25) is 0 Å². The average Bonchev–Trinajstić information content (AvgIpc) is 2.69. The van der Waals surface area contributed by atoms with Crippen LogP contribution in [0.3, 0.4) is 0 Å². The first-order valence-corrected chi connectivity index (χ1v) is 8.76. The SMILES string of the molecule is O=C(NCC(F)(F)F)c1ccccc1C(c1ccc(O)cc1)c1ccc(O)cc1. The molecule has 3 rings (SSSR count). The van der Waals surface area contributed by atoms with Crippen LogP contribution in [0.15, 0.2) is 72.8 Å². The molecule has 29 heavy (non-hydrogen) atoms. The van der Waals surface area contributed by atoms with Crippen LogP contribution in [-0.4, -0.2) is 28.8 Å². The summed E-state index contributed by atoms with van der Waals surface area (Å²) in [6.45, 7) is -1.43. The number of phenols is 2. The van der Waals surface area contributed by atoms with Crippen molar-refractivity contribution < 1.29 is 28.2 Å². The van der Waals surface area contributed by atoms with Gasteiger partial charge >= 0.3 is 6.18 Å². The maximum absolute atomic E-state index is 12.5. The number of hydrogen-bond acceptors (Lipinski definition) is 3. The van der Waals surface area contributed by atoms with E-state index in [0.29, 0.717) is 5.56 Å². The Morgan fingerprint density at radius 3 is 1.79 bits per heavy atom. The molecule has 3 aromatic carbocycles. The van der Waals surface area contributed by atoms with Gasteiger partial charge in [-0.25, -0.2) is 0 Å². The van der Waals surface area contributed by atoms with Crippen LogP contribution in [0.1, 0.15) is 33.0 Å². The van der Waals surface area contributed by atoms with Gasteiger partial charge in [-0.15, -0.1) is 0 Å². The number of alkyl halides is 3. The number of carbonyl (C=O) groups excluding carboxylic acids is 1. The van der Waals surface area contributed by atoms with Gasteiger partial charge in [0.25, 0.3) is 5.91 Å². The molecule has 0 saturated carbocycles. The summed E-state index contributed by atoms with van der Waals surface area (Å²) in [4.78, 5) is 12.5. The fourth-order valence-corrected chi connectivity index (χ4v) is 3.12. The molecule has 0 radical (unpaired) electrons. The van der Waals surface area contributed by atoms with Crippen molar-refractivity contribution in [3.8, 4) is 11.5 Å². The quantitative estimate of drug-likeness (QED) is 0.549. The standard InChI is InChI=1S/C22H18F3NO3/c23-22(24,25)13-26-21(29)19-4-2-1-3-18(19)20(14-5-9-16(27)10-6-14)15-7-11-17(28)12-8-15/h1-12,20,27-28H,13H2,(H,26,29). The topological polar surface area (TPSA) is 69.6 Å². The molecule has 3 aromatic rings. The molecule has 150 valence electrons. The van der Waals surface area contributed by atoms with E-state index < -0.39 is 24.5 Å². The Kier molecular flexibility index (Phi) is 5.77. The minimum absolute atomic E-state index is 0.0643. The zero-order valence-electron chi connectivity index (χ0n) is 15.1. The zero-order chi connectivity index (χ0) is 21.0. The van der Waals surface area contributed by atoms with E-state index in [2.05, 4.69) is 0 Å². The van der Waals surface area contributed by atoms with Gasteiger partial charge < -0.3 is 15.5 Å². The number of carbonyl (C=O) groups is 1. The normalized spacial score (nSPS) is 11.4. The number of halogens is 3. The summed E-state index contributed by atoms with van der Waals surface area (Å²) in [6, 6.07) is 19.1. The second kappa shape index (κ2) is 8.26. The first-order valence-electron chi connectivity index (χ1n) is 8.76. The predicted octanol–water partition coefficient (Wildman–Crippen LogP) is 4.57. The molecule has 3 N–H and O–H groups in total. The molecule has 0 aromatic heterocycles. The van der Waals surface area contributed by atoms with Crippen molar-refractivity contribution in [2.24, 2.45) is 0 Å². The van der Waals surface area contributed by atoms with Crippen LogP contribution in [0.25, 0.3) is 0 Å². The van der Waals surface area contributed by atoms with E-state index in [1.165, 1.54) is 30.3 Å². The minimum Gasteiger partial charge on any atom is -0.508 e. The Labute approximate surface area is 165 Å². The summed E-state index contributed by atoms with van der Waals surface area (Å²) in [5.74, 6) is -1.20. The van der Waals surface area contributed by atoms with Crippen LogP contribution in [0.2, 0.25) is 0 Å². The molecule has 0 aliphatic carbocycles. The van der Waals surface area contributed by atoms with E-state index in [-0.39, 0.29) is 17.1 Å². The Bertz CT molecular complexity index is 938. The van der Waals surface area contributed by atoms with Crippen LogP contribution in [-0.2, 0) is 0 Å². The number of benzene rings is 3. The number of hydrogen-bond donors (Lipinski definition) is 3. The molecule has 0 aliphatic heterocycles. The highest BCUT2D eigenvalue weighted by molar-refractivity contribution is 5.96. The molecule has 0 aliphatic rings. The van der Waals surface area contributed by atoms with E-state index in [4.69, 9.17) is 0 Å². The Morgan fingerprint density at radius 1 is 0.828 bits per heavy atom. The van der Waals surface area contributed by atoms with Crippen LogP contribution < -0.4 is 5.32 Å². The number of rotatable bonds is 5. The lowest BCUT2D eigenvalue weighted by atomic mass is 9.82. The zero-order valence-corrected chi connectivity index (χ0v) is 15.1. The summed E-state index contributed by atoms with van der Waals surface area (Å²) < 4.78 is 37.6. The number of phenolic OH excluding ortho intramolecular Hbond substituents is 2. The van der Waals surface area contributed by atoms with Crippen molar-refractivity contribution >= 4 is 5.91 Å². The Balaban J connectivity index is 2.08. The lowest BCUT2D eigenvalue weighted by molar-refractivity contribution is -0.123. The average molecular weight is 401 g/mol. The highest BCUT2D eigenvalue weighted by Crippen LogP contribution is 2.35. The van der Waals surface area contributed by atoms with E-state index in [1.807, 2.05) is 5.32 Å². The number of amides is 1. The van der Waals surface area contributed by atoms with E-state index >= 15 is 0 Å². The van der Waals surface area contributed by atoms with Gasteiger partial charge in [-0.2, -0.15) is 13.2 Å². The molecule has 0 atom stereocenters. The van der Waals surface area contributed by atoms with Crippen molar-refractivity contribution in [3.63, 3.8) is 0 Å². The fraction of sp³-hybridized carbons (Fsp3) is 0.136. The highest BCUT2D eigenvalue weighted by Gasteiger charge is 2.29. The second-order valence-electron chi connectivity index (χ2n) is 6.50. The van der Waals surface area contributed by atoms with Crippen molar-refractivity contribution in [1.82, 2.24) is 5.32 Å². The third kappa shape index (κ3) is 5.07. The van der Waals surface area contributed by atoms with Crippen LogP contribution in [0, 0.1) is 0 Å². The van der Waals surface area contributed by atoms with Crippen molar-refractivity contribution in [1.29, 1.82) is 0 Å². The second-order valence-corrected chi connectivity index (χ2v) is 6.50. The monoisotopic (exact) mass is 401 g/mol. The molecule has 4 nitrogen and oxygen atoms in total. The van der Waals surface area contributed by atoms with Crippen molar-refractivity contribution in [3.05, 3.63) is 95.1 Å². The summed E-state index contributed by atoms with van der Waals surface area (Å²) in [5.41, 5.74) is 2.07. The minimum atomic E-state index is -4.52. The molecular weight excluding hydrogens is 383 g/mol. The highest BCUT2D eigenvalue weighted by atomic mass is 19.4. The van der Waals surface area contributed by atoms with Gasteiger partial charge in [0.05, 0.1) is 0 Å². The molecule has 0 saturated heterocycles. The molecule has 0 unspecified atom stereocenters. The van der Waals surface area contributed by atoms with E-state index in [1.54, 1.807) is 42.5 Å². The number of nitrogens with one attached hydrogen (secondary N) is 1. The van der Waals surface area contributed by atoms with E-state index in [0.717, 1.165) is 11.1 Å². The molecule has 0 fully saturated rings. The van der Waals surface area contributed by atoms with E-state index in [9.17, 15) is 28.2 Å². The molecule has 7 heteroatoms. The van der Waals surface area contributed by atoms with Gasteiger partial charge in [-0.1, -0.05) is 42.5 Å². The number of aromatic hydroxyl groups is 2. The summed E-state index contributed by atoms with van der Waals surface area (Å²) in [7, 11) is 0. The molecule has 0 bridgehead atoms. The van der Waals surface area contributed by atoms with Crippen LogP contribution >= 0.6 is 0 Å². The van der Waals surface area contributed by atoms with Gasteiger partial charge in [0, 0.05) is 11.5 Å². The first-order chi connectivity index (χ1) is 13.7. The largest absolute Gasteiger partial charge is 0.508 e. The molecule has 1 amide bonds. The first kappa shape index (κ1) is 20.3. The molecular formula is C22H18F3NO3. The summed E-state index contributed by atoms with van der Waals surface area (Å²) in [5, 5.41) is 21.1. The van der Waals surface area contributed by atoms with Gasteiger partial charge in [0.1, 0.15) is 18.0 Å². The van der Waals surface area contributed by atoms with Crippen molar-refractivity contribution in [2.75, 3.05) is 6.54 Å². The third-order valence-corrected chi connectivity index (χ3v) is 4.42. The maximum Gasteiger partial charge on any atom is 0.405 e. The predicted molar refractivity (Wildman–Crippen MR) is 102 cm³/mol. The lowest BCUT2D eigenvalue weighted by Crippen LogP contribution is -2.34.